The smallest absolute Gasteiger partial charge is 0.228 e. The molecule has 0 fully saturated rings. The first-order valence-corrected chi connectivity index (χ1v) is 5.96. The molecule has 0 saturated carbocycles. The lowest BCUT2D eigenvalue weighted by atomic mass is 10.3. The molecule has 7 heteroatoms. The van der Waals surface area contributed by atoms with Crippen LogP contribution in [0.1, 0.15) is 11.4 Å². The van der Waals surface area contributed by atoms with Gasteiger partial charge in [0.05, 0.1) is 0 Å². The zero-order valence-electron chi connectivity index (χ0n) is 9.71. The molecular formula is C12H7BrF2N4. The molecule has 19 heavy (non-hydrogen) atoms. The quantitative estimate of drug-likeness (QED) is 0.919. The van der Waals surface area contributed by atoms with Crippen LogP contribution in [0.4, 0.5) is 20.4 Å². The molecule has 0 aliphatic heterocycles. The van der Waals surface area contributed by atoms with Crippen molar-refractivity contribution >= 4 is 27.6 Å². The Bertz CT molecular complexity index is 659. The molecule has 0 aliphatic carbocycles. The van der Waals surface area contributed by atoms with Gasteiger partial charge in [0.1, 0.15) is 17.5 Å². The summed E-state index contributed by atoms with van der Waals surface area (Å²) in [6, 6.07) is 5.55. The molecule has 0 saturated heterocycles. The fraction of sp³-hybridized carbons (Fsp3) is 0.0833. The number of rotatable bonds is 2. The van der Waals surface area contributed by atoms with E-state index in [2.05, 4.69) is 31.2 Å². The normalized spacial score (nSPS) is 10.1. The second-order valence-corrected chi connectivity index (χ2v) is 4.62. The van der Waals surface area contributed by atoms with Gasteiger partial charge in [0, 0.05) is 10.2 Å². The largest absolute Gasteiger partial charge is 0.319 e. The van der Waals surface area contributed by atoms with Crippen molar-refractivity contribution in [2.24, 2.45) is 0 Å². The number of halogens is 3. The number of aromatic nitrogens is 2. The number of aryl methyl sites for hydroxylation is 1. The Labute approximate surface area is 116 Å². The van der Waals surface area contributed by atoms with Crippen molar-refractivity contribution in [3.05, 3.63) is 45.7 Å². The van der Waals surface area contributed by atoms with Crippen LogP contribution < -0.4 is 5.32 Å². The maximum atomic E-state index is 13.6. The summed E-state index contributed by atoms with van der Waals surface area (Å²) in [5.41, 5.74) is 0.276. The van der Waals surface area contributed by atoms with E-state index in [1.54, 1.807) is 6.92 Å². The standard InChI is InChI=1S/C12H7BrF2N4/c1-6-2-8(5-16)18-12(17-6)19-11-9(14)3-7(13)4-10(11)15/h2-4H,1H3,(H,17,18,19). The second-order valence-electron chi connectivity index (χ2n) is 3.70. The summed E-state index contributed by atoms with van der Waals surface area (Å²) in [6.07, 6.45) is 0. The van der Waals surface area contributed by atoms with Gasteiger partial charge in [-0.3, -0.25) is 0 Å². The van der Waals surface area contributed by atoms with E-state index in [-0.39, 0.29) is 21.8 Å². The lowest BCUT2D eigenvalue weighted by molar-refractivity contribution is 0.589. The highest BCUT2D eigenvalue weighted by Gasteiger charge is 2.12. The first kappa shape index (κ1) is 13.4. The van der Waals surface area contributed by atoms with Crippen LogP contribution >= 0.6 is 15.9 Å². The minimum absolute atomic E-state index is 0.0309. The number of anilines is 2. The highest BCUT2D eigenvalue weighted by atomic mass is 79.9. The Morgan fingerprint density at radius 3 is 2.42 bits per heavy atom. The second kappa shape index (κ2) is 5.28. The van der Waals surface area contributed by atoms with Crippen molar-refractivity contribution < 1.29 is 8.78 Å². The number of nitrogens with zero attached hydrogens (tertiary/aromatic N) is 3. The summed E-state index contributed by atoms with van der Waals surface area (Å²) >= 11 is 2.98. The van der Waals surface area contributed by atoms with Crippen molar-refractivity contribution in [2.45, 2.75) is 6.92 Å². The van der Waals surface area contributed by atoms with Crippen LogP contribution in [0.15, 0.2) is 22.7 Å². The van der Waals surface area contributed by atoms with Crippen molar-refractivity contribution in [1.29, 1.82) is 5.26 Å². The van der Waals surface area contributed by atoms with Crippen molar-refractivity contribution in [1.82, 2.24) is 9.97 Å². The van der Waals surface area contributed by atoms with Crippen molar-refractivity contribution in [3.8, 4) is 6.07 Å². The zero-order valence-corrected chi connectivity index (χ0v) is 11.3. The molecule has 2 rings (SSSR count). The lowest BCUT2D eigenvalue weighted by Gasteiger charge is -2.08. The van der Waals surface area contributed by atoms with Gasteiger partial charge >= 0.3 is 0 Å². The van der Waals surface area contributed by atoms with E-state index in [1.165, 1.54) is 6.07 Å². The molecule has 1 aromatic heterocycles. The molecule has 0 atom stereocenters. The van der Waals surface area contributed by atoms with Crippen LogP contribution in [0.2, 0.25) is 0 Å². The molecule has 0 amide bonds. The van der Waals surface area contributed by atoms with E-state index in [0.717, 1.165) is 12.1 Å². The Morgan fingerprint density at radius 2 is 1.84 bits per heavy atom. The molecule has 0 spiro atoms. The van der Waals surface area contributed by atoms with E-state index in [4.69, 9.17) is 5.26 Å². The third-order valence-electron chi connectivity index (χ3n) is 2.21. The van der Waals surface area contributed by atoms with Crippen molar-refractivity contribution in [2.75, 3.05) is 5.32 Å². The van der Waals surface area contributed by atoms with Crippen molar-refractivity contribution in [3.63, 3.8) is 0 Å². The maximum Gasteiger partial charge on any atom is 0.228 e. The third-order valence-corrected chi connectivity index (χ3v) is 2.67. The molecule has 0 bridgehead atoms. The van der Waals surface area contributed by atoms with Crippen LogP contribution in [0, 0.1) is 29.9 Å². The molecular weight excluding hydrogens is 318 g/mol. The molecule has 4 nitrogen and oxygen atoms in total. The Kier molecular flexibility index (Phi) is 3.71. The molecule has 1 heterocycles. The summed E-state index contributed by atoms with van der Waals surface area (Å²) < 4.78 is 27.5. The Hall–Kier alpha value is -2.07. The number of hydrogen-bond donors (Lipinski definition) is 1. The summed E-state index contributed by atoms with van der Waals surface area (Å²) in [5.74, 6) is -1.59. The molecule has 0 radical (unpaired) electrons. The minimum Gasteiger partial charge on any atom is -0.319 e. The molecule has 0 aliphatic rings. The summed E-state index contributed by atoms with van der Waals surface area (Å²) in [4.78, 5) is 7.79. The van der Waals surface area contributed by atoms with E-state index in [0.29, 0.717) is 5.69 Å². The van der Waals surface area contributed by atoms with E-state index < -0.39 is 11.6 Å². The summed E-state index contributed by atoms with van der Waals surface area (Å²) in [6.45, 7) is 1.65. The predicted molar refractivity (Wildman–Crippen MR) is 68.8 cm³/mol. The van der Waals surface area contributed by atoms with Gasteiger partial charge < -0.3 is 5.32 Å². The minimum atomic E-state index is -0.782. The van der Waals surface area contributed by atoms with Gasteiger partial charge in [-0.2, -0.15) is 5.26 Å². The summed E-state index contributed by atoms with van der Waals surface area (Å²) in [5, 5.41) is 11.2. The van der Waals surface area contributed by atoms with E-state index >= 15 is 0 Å². The van der Waals surface area contributed by atoms with Crippen LogP contribution in [0.5, 0.6) is 0 Å². The van der Waals surface area contributed by atoms with Gasteiger partial charge in [0.25, 0.3) is 0 Å². The molecule has 1 aromatic carbocycles. The number of nitriles is 1. The monoisotopic (exact) mass is 324 g/mol. The Balaban J connectivity index is 2.42. The maximum absolute atomic E-state index is 13.6. The lowest BCUT2D eigenvalue weighted by Crippen LogP contribution is -2.04. The zero-order chi connectivity index (χ0) is 14.0. The first-order chi connectivity index (χ1) is 8.99. The molecule has 96 valence electrons. The molecule has 2 aromatic rings. The average Bonchev–Trinajstić information content (AvgIpc) is 2.33. The van der Waals surface area contributed by atoms with Crippen LogP contribution in [-0.2, 0) is 0 Å². The first-order valence-electron chi connectivity index (χ1n) is 5.17. The van der Waals surface area contributed by atoms with Gasteiger partial charge in [0.15, 0.2) is 11.6 Å². The SMILES string of the molecule is Cc1cc(C#N)nc(Nc2c(F)cc(Br)cc2F)n1. The van der Waals surface area contributed by atoms with Gasteiger partial charge in [-0.25, -0.2) is 18.7 Å². The number of hydrogen-bond acceptors (Lipinski definition) is 4. The fourth-order valence-corrected chi connectivity index (χ4v) is 1.86. The number of nitrogens with one attached hydrogen (secondary N) is 1. The van der Waals surface area contributed by atoms with Crippen LogP contribution in [0.3, 0.4) is 0 Å². The fourth-order valence-electron chi connectivity index (χ4n) is 1.46. The van der Waals surface area contributed by atoms with Gasteiger partial charge in [-0.15, -0.1) is 0 Å². The van der Waals surface area contributed by atoms with E-state index in [9.17, 15) is 8.78 Å². The highest BCUT2D eigenvalue weighted by Crippen LogP contribution is 2.25. The summed E-state index contributed by atoms with van der Waals surface area (Å²) in [7, 11) is 0. The Morgan fingerprint density at radius 1 is 1.21 bits per heavy atom. The molecule has 1 N–H and O–H groups in total. The average molecular weight is 325 g/mol. The highest BCUT2D eigenvalue weighted by molar-refractivity contribution is 9.10. The van der Waals surface area contributed by atoms with Gasteiger partial charge in [-0.05, 0) is 25.1 Å². The van der Waals surface area contributed by atoms with Crippen LogP contribution in [-0.4, -0.2) is 9.97 Å². The van der Waals surface area contributed by atoms with Gasteiger partial charge in [-0.1, -0.05) is 15.9 Å². The topological polar surface area (TPSA) is 61.6 Å². The van der Waals surface area contributed by atoms with Crippen LogP contribution in [0.25, 0.3) is 0 Å². The third kappa shape index (κ3) is 3.03. The van der Waals surface area contributed by atoms with Gasteiger partial charge in [0.2, 0.25) is 5.95 Å². The molecule has 0 unspecified atom stereocenters. The number of benzene rings is 1. The van der Waals surface area contributed by atoms with E-state index in [1.807, 2.05) is 6.07 Å². The predicted octanol–water partition coefficient (Wildman–Crippen LogP) is 3.44.